The Kier molecular flexibility index (Phi) is 6.01. The molecule has 0 spiro atoms. The zero-order valence-corrected chi connectivity index (χ0v) is 19.8. The highest BCUT2D eigenvalue weighted by Gasteiger charge is 2.34. The largest absolute Gasteiger partial charge is 0.489 e. The monoisotopic (exact) mass is 466 g/mol. The molecule has 1 unspecified atom stereocenters. The number of hydrogen-bond donors (Lipinski definition) is 2. The third-order valence-corrected chi connectivity index (χ3v) is 6.04. The van der Waals surface area contributed by atoms with Crippen LogP contribution in [-0.2, 0) is 11.4 Å². The number of aryl methyl sites for hydroxylation is 2. The standard InChI is InChI=1S/C27H26N6O2/c1-17-7-6-9-20(15-17)16-35-22-13-11-21(12-14-22)25-24(19(3)28-27-30-31-32-33(25)27)26(34)29-23-10-5-4-8-18(23)2/h4-15,25H,16H2,1-3H3,(H,29,34)(H,28,30,32). The number of nitrogens with zero attached hydrogens (tertiary/aromatic N) is 4. The molecule has 1 amide bonds. The van der Waals surface area contributed by atoms with Crippen molar-refractivity contribution in [3.05, 3.63) is 106 Å². The molecule has 3 aromatic carbocycles. The van der Waals surface area contributed by atoms with Crippen LogP contribution in [-0.4, -0.2) is 26.1 Å². The lowest BCUT2D eigenvalue weighted by atomic mass is 9.95. The second-order valence-electron chi connectivity index (χ2n) is 8.63. The number of tetrazole rings is 1. The van der Waals surface area contributed by atoms with Crippen LogP contribution in [0.15, 0.2) is 84.1 Å². The Morgan fingerprint density at radius 1 is 1.03 bits per heavy atom. The first-order valence-corrected chi connectivity index (χ1v) is 11.4. The molecule has 0 fully saturated rings. The molecule has 176 valence electrons. The summed E-state index contributed by atoms with van der Waals surface area (Å²) < 4.78 is 7.61. The van der Waals surface area contributed by atoms with Gasteiger partial charge in [-0.25, -0.2) is 0 Å². The fourth-order valence-electron chi connectivity index (χ4n) is 4.23. The summed E-state index contributed by atoms with van der Waals surface area (Å²) in [7, 11) is 0. The van der Waals surface area contributed by atoms with Crippen LogP contribution in [0.4, 0.5) is 11.6 Å². The van der Waals surface area contributed by atoms with E-state index in [1.165, 1.54) is 5.56 Å². The molecule has 0 saturated heterocycles. The van der Waals surface area contributed by atoms with Crippen LogP contribution >= 0.6 is 0 Å². The first-order valence-electron chi connectivity index (χ1n) is 11.4. The number of aromatic nitrogens is 4. The van der Waals surface area contributed by atoms with E-state index >= 15 is 0 Å². The van der Waals surface area contributed by atoms with Crippen LogP contribution in [0, 0.1) is 13.8 Å². The Labute approximate surface area is 203 Å². The summed E-state index contributed by atoms with van der Waals surface area (Å²) in [5.41, 5.74) is 6.17. The lowest BCUT2D eigenvalue weighted by Crippen LogP contribution is -2.31. The smallest absolute Gasteiger partial charge is 0.255 e. The number of ether oxygens (including phenoxy) is 1. The molecular formula is C27H26N6O2. The number of nitrogens with one attached hydrogen (secondary N) is 2. The highest BCUT2D eigenvalue weighted by Crippen LogP contribution is 2.35. The Balaban J connectivity index is 1.42. The second-order valence-corrected chi connectivity index (χ2v) is 8.63. The number of carbonyl (C=O) groups excluding carboxylic acids is 1. The van der Waals surface area contributed by atoms with Gasteiger partial charge in [0.1, 0.15) is 18.4 Å². The molecule has 35 heavy (non-hydrogen) atoms. The Morgan fingerprint density at radius 2 is 1.83 bits per heavy atom. The molecule has 2 N–H and O–H groups in total. The van der Waals surface area contributed by atoms with Gasteiger partial charge in [-0.15, -0.1) is 0 Å². The van der Waals surface area contributed by atoms with E-state index in [1.54, 1.807) is 4.68 Å². The van der Waals surface area contributed by atoms with Crippen molar-refractivity contribution < 1.29 is 9.53 Å². The van der Waals surface area contributed by atoms with Crippen LogP contribution in [0.3, 0.4) is 0 Å². The molecule has 1 aromatic heterocycles. The van der Waals surface area contributed by atoms with Gasteiger partial charge < -0.3 is 15.4 Å². The van der Waals surface area contributed by atoms with Crippen LogP contribution in [0.1, 0.15) is 35.2 Å². The molecule has 0 aliphatic carbocycles. The van der Waals surface area contributed by atoms with Crippen molar-refractivity contribution in [3.8, 4) is 5.75 Å². The van der Waals surface area contributed by atoms with Crippen LogP contribution in [0.5, 0.6) is 5.75 Å². The van der Waals surface area contributed by atoms with Crippen molar-refractivity contribution in [1.82, 2.24) is 20.2 Å². The van der Waals surface area contributed by atoms with Crippen molar-refractivity contribution in [2.75, 3.05) is 10.6 Å². The minimum atomic E-state index is -0.490. The molecule has 5 rings (SSSR count). The molecule has 1 atom stereocenters. The summed E-state index contributed by atoms with van der Waals surface area (Å²) >= 11 is 0. The van der Waals surface area contributed by atoms with E-state index in [9.17, 15) is 4.79 Å². The van der Waals surface area contributed by atoms with Crippen molar-refractivity contribution in [2.45, 2.75) is 33.4 Å². The van der Waals surface area contributed by atoms with Crippen LogP contribution < -0.4 is 15.4 Å². The predicted octanol–water partition coefficient (Wildman–Crippen LogP) is 4.80. The van der Waals surface area contributed by atoms with E-state index < -0.39 is 6.04 Å². The molecule has 1 aliphatic heterocycles. The molecular weight excluding hydrogens is 440 g/mol. The number of amides is 1. The van der Waals surface area contributed by atoms with Gasteiger partial charge in [-0.05, 0) is 66.1 Å². The SMILES string of the molecule is CC1=C(C(=O)Nc2ccccc2C)C(c2ccc(OCc3cccc(C)c3)cc2)n2nnnc2N1. The summed E-state index contributed by atoms with van der Waals surface area (Å²) in [5.74, 6) is 1.02. The maximum absolute atomic E-state index is 13.5. The topological polar surface area (TPSA) is 94.0 Å². The minimum Gasteiger partial charge on any atom is -0.489 e. The Morgan fingerprint density at radius 3 is 2.60 bits per heavy atom. The van der Waals surface area contributed by atoms with Crippen molar-refractivity contribution in [1.29, 1.82) is 0 Å². The number of para-hydroxylation sites is 1. The van der Waals surface area contributed by atoms with E-state index in [0.29, 0.717) is 23.8 Å². The average Bonchev–Trinajstić information content (AvgIpc) is 3.32. The number of fused-ring (bicyclic) bond motifs is 1. The number of anilines is 2. The maximum Gasteiger partial charge on any atom is 0.255 e. The molecule has 4 aromatic rings. The molecule has 0 bridgehead atoms. The lowest BCUT2D eigenvalue weighted by Gasteiger charge is -2.28. The molecule has 8 heteroatoms. The highest BCUT2D eigenvalue weighted by molar-refractivity contribution is 6.06. The fourth-order valence-corrected chi connectivity index (χ4v) is 4.23. The summed E-state index contributed by atoms with van der Waals surface area (Å²) in [6.07, 6.45) is 0. The summed E-state index contributed by atoms with van der Waals surface area (Å²) in [6, 6.07) is 23.1. The zero-order valence-electron chi connectivity index (χ0n) is 19.8. The van der Waals surface area contributed by atoms with Gasteiger partial charge in [0, 0.05) is 11.4 Å². The third-order valence-electron chi connectivity index (χ3n) is 6.04. The Hall–Kier alpha value is -4.46. The number of rotatable bonds is 6. The van der Waals surface area contributed by atoms with Crippen molar-refractivity contribution in [2.24, 2.45) is 0 Å². The van der Waals surface area contributed by atoms with Gasteiger partial charge in [-0.1, -0.05) is 65.3 Å². The van der Waals surface area contributed by atoms with Gasteiger partial charge in [0.25, 0.3) is 5.91 Å². The molecule has 8 nitrogen and oxygen atoms in total. The third kappa shape index (κ3) is 4.63. The molecule has 0 radical (unpaired) electrons. The predicted molar refractivity (Wildman–Crippen MR) is 134 cm³/mol. The van der Waals surface area contributed by atoms with Gasteiger partial charge in [0.15, 0.2) is 0 Å². The number of carbonyl (C=O) groups is 1. The second kappa shape index (κ2) is 9.42. The lowest BCUT2D eigenvalue weighted by molar-refractivity contribution is -0.113. The highest BCUT2D eigenvalue weighted by atomic mass is 16.5. The van der Waals surface area contributed by atoms with Crippen LogP contribution in [0.25, 0.3) is 0 Å². The van der Waals surface area contributed by atoms with E-state index in [4.69, 9.17) is 4.74 Å². The summed E-state index contributed by atoms with van der Waals surface area (Å²) in [6.45, 7) is 6.36. The van der Waals surface area contributed by atoms with Gasteiger partial charge >= 0.3 is 0 Å². The normalized spacial score (nSPS) is 14.8. The quantitative estimate of drug-likeness (QED) is 0.424. The van der Waals surface area contributed by atoms with Gasteiger partial charge in [-0.2, -0.15) is 4.68 Å². The summed E-state index contributed by atoms with van der Waals surface area (Å²) in [4.78, 5) is 13.5. The first-order chi connectivity index (χ1) is 17.0. The van der Waals surface area contributed by atoms with E-state index in [1.807, 2.05) is 74.5 Å². The first kappa shape index (κ1) is 22.3. The molecule has 0 saturated carbocycles. The van der Waals surface area contributed by atoms with Crippen molar-refractivity contribution >= 4 is 17.5 Å². The minimum absolute atomic E-state index is 0.213. The van der Waals surface area contributed by atoms with Gasteiger partial charge in [0.05, 0.1) is 5.57 Å². The number of benzene rings is 3. The molecule has 2 heterocycles. The number of allylic oxidation sites excluding steroid dienone is 1. The van der Waals surface area contributed by atoms with Crippen molar-refractivity contribution in [3.63, 3.8) is 0 Å². The Bertz CT molecular complexity index is 1410. The van der Waals surface area contributed by atoms with Gasteiger partial charge in [-0.3, -0.25) is 4.79 Å². The van der Waals surface area contributed by atoms with E-state index in [0.717, 1.165) is 28.1 Å². The average molecular weight is 467 g/mol. The zero-order chi connectivity index (χ0) is 24.4. The molecule has 1 aliphatic rings. The van der Waals surface area contributed by atoms with Crippen LogP contribution in [0.2, 0.25) is 0 Å². The number of hydrogen-bond acceptors (Lipinski definition) is 6. The van der Waals surface area contributed by atoms with E-state index in [-0.39, 0.29) is 5.91 Å². The maximum atomic E-state index is 13.5. The fraction of sp³-hybridized carbons (Fsp3) is 0.185. The summed E-state index contributed by atoms with van der Waals surface area (Å²) in [5, 5.41) is 18.2. The van der Waals surface area contributed by atoms with Gasteiger partial charge in [0.2, 0.25) is 5.95 Å². The van der Waals surface area contributed by atoms with E-state index in [2.05, 4.69) is 45.2 Å².